The van der Waals surface area contributed by atoms with Gasteiger partial charge < -0.3 is 11.1 Å². The highest BCUT2D eigenvalue weighted by molar-refractivity contribution is 5.80. The van der Waals surface area contributed by atoms with Crippen molar-refractivity contribution in [3.63, 3.8) is 0 Å². The van der Waals surface area contributed by atoms with Crippen LogP contribution >= 0.6 is 0 Å². The van der Waals surface area contributed by atoms with Crippen LogP contribution in [0.4, 0.5) is 0 Å². The van der Waals surface area contributed by atoms with Crippen molar-refractivity contribution in [2.24, 2.45) is 5.73 Å². The Kier molecular flexibility index (Phi) is 2.00. The smallest absolute Gasteiger partial charge is 0.237 e. The van der Waals surface area contributed by atoms with Crippen molar-refractivity contribution >= 4 is 5.91 Å². The molecule has 2 fully saturated rings. The van der Waals surface area contributed by atoms with Gasteiger partial charge in [-0.1, -0.05) is 0 Å². The number of fused-ring (bicyclic) bond motifs is 1. The SMILES string of the molecule is NC(=O)C1NCCN2CCNC12. The first-order valence-electron chi connectivity index (χ1n) is 4.29. The van der Waals surface area contributed by atoms with Crippen molar-refractivity contribution in [1.82, 2.24) is 15.5 Å². The van der Waals surface area contributed by atoms with Crippen molar-refractivity contribution in [3.05, 3.63) is 0 Å². The summed E-state index contributed by atoms with van der Waals surface area (Å²) in [6.07, 6.45) is 0.122. The van der Waals surface area contributed by atoms with Crippen molar-refractivity contribution in [3.8, 4) is 0 Å². The van der Waals surface area contributed by atoms with E-state index in [1.807, 2.05) is 0 Å². The zero-order valence-electron chi connectivity index (χ0n) is 6.92. The second-order valence-electron chi connectivity index (χ2n) is 3.27. The Morgan fingerprint density at radius 2 is 2.00 bits per heavy atom. The van der Waals surface area contributed by atoms with Crippen LogP contribution in [0.1, 0.15) is 0 Å². The lowest BCUT2D eigenvalue weighted by atomic mass is 10.1. The largest absolute Gasteiger partial charge is 0.368 e. The van der Waals surface area contributed by atoms with Crippen molar-refractivity contribution < 1.29 is 4.79 Å². The Balaban J connectivity index is 2.08. The van der Waals surface area contributed by atoms with E-state index in [-0.39, 0.29) is 18.1 Å². The first-order chi connectivity index (χ1) is 5.79. The summed E-state index contributed by atoms with van der Waals surface area (Å²) in [4.78, 5) is 13.2. The number of carbonyl (C=O) groups is 1. The van der Waals surface area contributed by atoms with E-state index in [0.717, 1.165) is 26.2 Å². The van der Waals surface area contributed by atoms with Gasteiger partial charge in [-0.25, -0.2) is 0 Å². The summed E-state index contributed by atoms with van der Waals surface area (Å²) in [5, 5.41) is 6.36. The summed E-state index contributed by atoms with van der Waals surface area (Å²) in [5.74, 6) is -0.265. The average Bonchev–Trinajstić information content (AvgIpc) is 2.49. The minimum absolute atomic E-state index is 0.122. The summed E-state index contributed by atoms with van der Waals surface area (Å²) < 4.78 is 0. The molecule has 2 heterocycles. The molecular formula is C7H14N4O. The van der Waals surface area contributed by atoms with Crippen LogP contribution in [-0.2, 0) is 4.79 Å². The third kappa shape index (κ3) is 1.20. The molecule has 4 N–H and O–H groups in total. The normalized spacial score (nSPS) is 36.3. The predicted octanol–water partition coefficient (Wildman–Crippen LogP) is -2.33. The molecule has 1 amide bonds. The maximum atomic E-state index is 11.0. The first-order valence-corrected chi connectivity index (χ1v) is 4.29. The number of hydrogen-bond donors (Lipinski definition) is 3. The molecule has 2 rings (SSSR count). The fourth-order valence-electron chi connectivity index (χ4n) is 1.94. The molecule has 0 saturated carbocycles. The van der Waals surface area contributed by atoms with Gasteiger partial charge in [0.05, 0.1) is 6.17 Å². The lowest BCUT2D eigenvalue weighted by Crippen LogP contribution is -2.63. The zero-order valence-corrected chi connectivity index (χ0v) is 6.92. The number of primary amides is 1. The van der Waals surface area contributed by atoms with Gasteiger partial charge in [0.15, 0.2) is 0 Å². The van der Waals surface area contributed by atoms with Gasteiger partial charge in [-0.15, -0.1) is 0 Å². The van der Waals surface area contributed by atoms with Crippen molar-refractivity contribution in [1.29, 1.82) is 0 Å². The molecule has 2 aliphatic rings. The van der Waals surface area contributed by atoms with E-state index in [4.69, 9.17) is 5.73 Å². The number of hydrogen-bond acceptors (Lipinski definition) is 4. The second-order valence-corrected chi connectivity index (χ2v) is 3.27. The van der Waals surface area contributed by atoms with E-state index in [2.05, 4.69) is 15.5 Å². The topological polar surface area (TPSA) is 70.4 Å². The molecule has 5 heteroatoms. The molecule has 0 radical (unpaired) electrons. The third-order valence-corrected chi connectivity index (χ3v) is 2.53. The van der Waals surface area contributed by atoms with Crippen LogP contribution in [0.3, 0.4) is 0 Å². The first kappa shape index (κ1) is 7.97. The number of piperazine rings is 1. The molecule has 0 aromatic heterocycles. The zero-order chi connectivity index (χ0) is 8.55. The van der Waals surface area contributed by atoms with Gasteiger partial charge in [0, 0.05) is 26.2 Å². The van der Waals surface area contributed by atoms with Crippen molar-refractivity contribution in [2.45, 2.75) is 12.2 Å². The van der Waals surface area contributed by atoms with E-state index >= 15 is 0 Å². The van der Waals surface area contributed by atoms with E-state index in [0.29, 0.717) is 0 Å². The molecule has 68 valence electrons. The van der Waals surface area contributed by atoms with Crippen LogP contribution in [0.5, 0.6) is 0 Å². The fraction of sp³-hybridized carbons (Fsp3) is 0.857. The fourth-order valence-corrected chi connectivity index (χ4v) is 1.94. The highest BCUT2D eigenvalue weighted by Gasteiger charge is 2.36. The number of amides is 1. The second kappa shape index (κ2) is 3.01. The quantitative estimate of drug-likeness (QED) is 0.413. The van der Waals surface area contributed by atoms with Crippen LogP contribution in [0.15, 0.2) is 0 Å². The van der Waals surface area contributed by atoms with Crippen LogP contribution in [-0.4, -0.2) is 49.2 Å². The number of carbonyl (C=O) groups excluding carboxylic acids is 1. The summed E-state index contributed by atoms with van der Waals surface area (Å²) in [6, 6.07) is -0.221. The maximum Gasteiger partial charge on any atom is 0.237 e. The van der Waals surface area contributed by atoms with E-state index in [9.17, 15) is 4.79 Å². The van der Waals surface area contributed by atoms with E-state index < -0.39 is 0 Å². The van der Waals surface area contributed by atoms with Crippen LogP contribution in [0, 0.1) is 0 Å². The molecular weight excluding hydrogens is 156 g/mol. The molecule has 0 aromatic rings. The molecule has 2 unspecified atom stereocenters. The lowest BCUT2D eigenvalue weighted by molar-refractivity contribution is -0.122. The summed E-state index contributed by atoms with van der Waals surface area (Å²) >= 11 is 0. The van der Waals surface area contributed by atoms with Gasteiger partial charge in [-0.05, 0) is 0 Å². The predicted molar refractivity (Wildman–Crippen MR) is 44.3 cm³/mol. The minimum atomic E-state index is -0.265. The molecule has 0 aliphatic carbocycles. The van der Waals surface area contributed by atoms with Gasteiger partial charge in [0.2, 0.25) is 5.91 Å². The van der Waals surface area contributed by atoms with Crippen LogP contribution in [0.2, 0.25) is 0 Å². The Labute approximate surface area is 71.3 Å². The van der Waals surface area contributed by atoms with Crippen molar-refractivity contribution in [2.75, 3.05) is 26.2 Å². The summed E-state index contributed by atoms with van der Waals surface area (Å²) in [7, 11) is 0. The summed E-state index contributed by atoms with van der Waals surface area (Å²) in [5.41, 5.74) is 5.26. The Bertz CT molecular complexity index is 196. The molecule has 2 aliphatic heterocycles. The molecule has 2 saturated heterocycles. The van der Waals surface area contributed by atoms with Gasteiger partial charge in [-0.2, -0.15) is 0 Å². The average molecular weight is 170 g/mol. The standard InChI is InChI=1S/C7H14N4O/c8-6(12)5-7-10-2-4-11(7)3-1-9-5/h5,7,9-10H,1-4H2,(H2,8,12). The molecule has 2 atom stereocenters. The van der Waals surface area contributed by atoms with Gasteiger partial charge in [0.25, 0.3) is 0 Å². The highest BCUT2D eigenvalue weighted by Crippen LogP contribution is 2.10. The van der Waals surface area contributed by atoms with E-state index in [1.165, 1.54) is 0 Å². The molecule has 5 nitrogen and oxygen atoms in total. The maximum absolute atomic E-state index is 11.0. The number of nitrogens with two attached hydrogens (primary N) is 1. The molecule has 0 bridgehead atoms. The van der Waals surface area contributed by atoms with Gasteiger partial charge in [-0.3, -0.25) is 15.0 Å². The van der Waals surface area contributed by atoms with E-state index in [1.54, 1.807) is 0 Å². The third-order valence-electron chi connectivity index (χ3n) is 2.53. The number of nitrogens with zero attached hydrogens (tertiary/aromatic N) is 1. The summed E-state index contributed by atoms with van der Waals surface area (Å²) in [6.45, 7) is 3.83. The molecule has 12 heavy (non-hydrogen) atoms. The Hall–Kier alpha value is -0.650. The number of nitrogens with one attached hydrogen (secondary N) is 2. The van der Waals surface area contributed by atoms with Crippen LogP contribution < -0.4 is 16.4 Å². The Morgan fingerprint density at radius 1 is 1.33 bits per heavy atom. The van der Waals surface area contributed by atoms with Crippen LogP contribution in [0.25, 0.3) is 0 Å². The number of rotatable bonds is 1. The minimum Gasteiger partial charge on any atom is -0.368 e. The molecule has 0 aromatic carbocycles. The highest BCUT2D eigenvalue weighted by atomic mass is 16.1. The Morgan fingerprint density at radius 3 is 2.67 bits per heavy atom. The monoisotopic (exact) mass is 170 g/mol. The lowest BCUT2D eigenvalue weighted by Gasteiger charge is -2.35. The van der Waals surface area contributed by atoms with Gasteiger partial charge in [0.1, 0.15) is 6.04 Å². The molecule has 0 spiro atoms. The van der Waals surface area contributed by atoms with Gasteiger partial charge >= 0.3 is 0 Å².